The number of nitrogens with zero attached hydrogens (tertiary/aromatic N) is 1. The number of benzene rings is 1. The zero-order chi connectivity index (χ0) is 17.6. The molecule has 1 heterocycles. The Kier molecular flexibility index (Phi) is 6.15. The Labute approximate surface area is 143 Å². The van der Waals surface area contributed by atoms with E-state index in [2.05, 4.69) is 22.5 Å². The van der Waals surface area contributed by atoms with E-state index < -0.39 is 0 Å². The van der Waals surface area contributed by atoms with Crippen molar-refractivity contribution in [3.05, 3.63) is 30.5 Å². The van der Waals surface area contributed by atoms with Crippen molar-refractivity contribution in [2.24, 2.45) is 5.41 Å². The molecule has 0 aliphatic heterocycles. The number of carbonyl (C=O) groups excluding carboxylic acids is 1. The summed E-state index contributed by atoms with van der Waals surface area (Å²) in [4.78, 5) is 16.5. The molecule has 0 unspecified atom stereocenters. The topological polar surface area (TPSA) is 74.2 Å². The van der Waals surface area contributed by atoms with Gasteiger partial charge >= 0.3 is 0 Å². The molecule has 0 bridgehead atoms. The third-order valence-electron chi connectivity index (χ3n) is 3.98. The Bertz CT molecular complexity index is 698. The number of para-hydroxylation sites is 1. The van der Waals surface area contributed by atoms with E-state index in [4.69, 9.17) is 0 Å². The Morgan fingerprint density at radius 2 is 2.04 bits per heavy atom. The predicted octanol–water partition coefficient (Wildman–Crippen LogP) is 3.79. The number of aliphatic hydroxyl groups excluding tert-OH is 1. The van der Waals surface area contributed by atoms with Gasteiger partial charge in [0, 0.05) is 30.4 Å². The minimum Gasteiger partial charge on any atom is -0.396 e. The second kappa shape index (κ2) is 8.11. The van der Waals surface area contributed by atoms with Gasteiger partial charge in [0.1, 0.15) is 0 Å². The molecule has 0 saturated heterocycles. The first-order valence-electron chi connectivity index (χ1n) is 8.49. The Balaban J connectivity index is 2.31. The number of carbonyl (C=O) groups is 1. The number of hydrogen-bond acceptors (Lipinski definition) is 4. The van der Waals surface area contributed by atoms with Crippen LogP contribution in [-0.4, -0.2) is 29.1 Å². The van der Waals surface area contributed by atoms with Gasteiger partial charge in [-0.1, -0.05) is 45.4 Å². The highest BCUT2D eigenvalue weighted by Gasteiger charge is 2.18. The molecule has 0 spiro atoms. The lowest BCUT2D eigenvalue weighted by Gasteiger charge is -2.24. The third kappa shape index (κ3) is 4.68. The smallest absolute Gasteiger partial charge is 0.224 e. The van der Waals surface area contributed by atoms with Crippen molar-refractivity contribution in [2.75, 3.05) is 23.8 Å². The molecule has 3 N–H and O–H groups in total. The molecule has 5 nitrogen and oxygen atoms in total. The number of fused-ring (bicyclic) bond motifs is 1. The average Bonchev–Trinajstić information content (AvgIpc) is 2.58. The molecule has 0 radical (unpaired) electrons. The molecule has 1 amide bonds. The molecule has 0 fully saturated rings. The number of anilines is 2. The van der Waals surface area contributed by atoms with Crippen molar-refractivity contribution in [3.63, 3.8) is 0 Å². The molecule has 0 aliphatic rings. The molecule has 1 aromatic carbocycles. The lowest BCUT2D eigenvalue weighted by Crippen LogP contribution is -2.27. The molecular weight excluding hydrogens is 302 g/mol. The van der Waals surface area contributed by atoms with Crippen LogP contribution in [-0.2, 0) is 4.79 Å². The number of hydrogen-bond donors (Lipinski definition) is 3. The molecule has 0 atom stereocenters. The summed E-state index contributed by atoms with van der Waals surface area (Å²) in [5.41, 5.74) is 2.15. The molecule has 2 rings (SSSR count). The van der Waals surface area contributed by atoms with Crippen LogP contribution in [0.1, 0.15) is 40.0 Å². The van der Waals surface area contributed by atoms with Crippen molar-refractivity contribution < 1.29 is 9.90 Å². The van der Waals surface area contributed by atoms with E-state index in [1.807, 2.05) is 38.1 Å². The summed E-state index contributed by atoms with van der Waals surface area (Å²) in [5, 5.41) is 16.8. The number of unbranched alkanes of at least 4 members (excludes halogenated alkanes) is 1. The van der Waals surface area contributed by atoms with E-state index in [0.29, 0.717) is 18.7 Å². The largest absolute Gasteiger partial charge is 0.396 e. The summed E-state index contributed by atoms with van der Waals surface area (Å²) >= 11 is 0. The highest BCUT2D eigenvalue weighted by Crippen LogP contribution is 2.31. The van der Waals surface area contributed by atoms with Crippen LogP contribution in [0.3, 0.4) is 0 Å². The van der Waals surface area contributed by atoms with E-state index >= 15 is 0 Å². The van der Waals surface area contributed by atoms with E-state index in [1.54, 1.807) is 6.20 Å². The Hall–Kier alpha value is -2.14. The summed E-state index contributed by atoms with van der Waals surface area (Å²) in [5.74, 6) is -0.00148. The zero-order valence-electron chi connectivity index (χ0n) is 14.7. The molecule has 0 saturated carbocycles. The molecule has 130 valence electrons. The molecule has 2 aromatic rings. The summed E-state index contributed by atoms with van der Waals surface area (Å²) in [6.07, 6.45) is 4.05. The van der Waals surface area contributed by atoms with Crippen LogP contribution < -0.4 is 10.6 Å². The van der Waals surface area contributed by atoms with Crippen LogP contribution in [0.25, 0.3) is 10.9 Å². The number of aliphatic hydroxyl groups is 1. The van der Waals surface area contributed by atoms with Crippen molar-refractivity contribution >= 4 is 28.2 Å². The summed E-state index contributed by atoms with van der Waals surface area (Å²) in [6.45, 7) is 6.72. The average molecular weight is 329 g/mol. The van der Waals surface area contributed by atoms with E-state index in [0.717, 1.165) is 29.4 Å². The Morgan fingerprint density at radius 1 is 1.29 bits per heavy atom. The minimum absolute atomic E-state index is 0.00148. The normalized spacial score (nSPS) is 11.5. The van der Waals surface area contributed by atoms with Crippen molar-refractivity contribution in [3.8, 4) is 0 Å². The number of pyridine rings is 1. The van der Waals surface area contributed by atoms with Gasteiger partial charge in [0.15, 0.2) is 0 Å². The molecule has 0 aliphatic carbocycles. The fourth-order valence-corrected chi connectivity index (χ4v) is 2.36. The summed E-state index contributed by atoms with van der Waals surface area (Å²) in [6, 6.07) is 7.82. The number of rotatable bonds is 8. The number of aromatic nitrogens is 1. The monoisotopic (exact) mass is 329 g/mol. The third-order valence-corrected chi connectivity index (χ3v) is 3.98. The number of nitrogens with one attached hydrogen (secondary N) is 2. The fourth-order valence-electron chi connectivity index (χ4n) is 2.36. The van der Waals surface area contributed by atoms with Gasteiger partial charge < -0.3 is 15.7 Å². The molecule has 24 heavy (non-hydrogen) atoms. The Morgan fingerprint density at radius 3 is 2.75 bits per heavy atom. The van der Waals surface area contributed by atoms with Gasteiger partial charge in [-0.2, -0.15) is 0 Å². The first-order chi connectivity index (χ1) is 11.5. The van der Waals surface area contributed by atoms with Gasteiger partial charge in [0.2, 0.25) is 5.91 Å². The van der Waals surface area contributed by atoms with Crippen LogP contribution >= 0.6 is 0 Å². The quantitative estimate of drug-likeness (QED) is 0.689. The second-order valence-corrected chi connectivity index (χ2v) is 6.89. The van der Waals surface area contributed by atoms with Crippen LogP contribution in [0.4, 0.5) is 11.4 Å². The predicted molar refractivity (Wildman–Crippen MR) is 99.3 cm³/mol. The standard InChI is InChI=1S/C19H27N3O2/c1-4-5-10-17(24)22-16-11-20-15-9-7-6-8-14(15)18(16)21-12-19(2,3)13-23/h6-9,11,23H,4-5,10,12-13H2,1-3H3,(H,20,21)(H,22,24). The molecular formula is C19H27N3O2. The van der Waals surface area contributed by atoms with Crippen molar-refractivity contribution in [2.45, 2.75) is 40.0 Å². The van der Waals surface area contributed by atoms with Gasteiger partial charge in [-0.15, -0.1) is 0 Å². The van der Waals surface area contributed by atoms with Gasteiger partial charge in [0.25, 0.3) is 0 Å². The van der Waals surface area contributed by atoms with Crippen molar-refractivity contribution in [1.82, 2.24) is 4.98 Å². The maximum Gasteiger partial charge on any atom is 0.224 e. The maximum absolute atomic E-state index is 12.1. The highest BCUT2D eigenvalue weighted by atomic mass is 16.3. The summed E-state index contributed by atoms with van der Waals surface area (Å²) < 4.78 is 0. The van der Waals surface area contributed by atoms with E-state index in [9.17, 15) is 9.90 Å². The van der Waals surface area contributed by atoms with Gasteiger partial charge in [0.05, 0.1) is 23.1 Å². The molecule has 5 heteroatoms. The zero-order valence-corrected chi connectivity index (χ0v) is 14.7. The van der Waals surface area contributed by atoms with Gasteiger partial charge in [-0.3, -0.25) is 9.78 Å². The van der Waals surface area contributed by atoms with E-state index in [-0.39, 0.29) is 17.9 Å². The second-order valence-electron chi connectivity index (χ2n) is 6.89. The SMILES string of the molecule is CCCCC(=O)Nc1cnc2ccccc2c1NCC(C)(C)CO. The van der Waals surface area contributed by atoms with Crippen LogP contribution in [0.2, 0.25) is 0 Å². The minimum atomic E-state index is -0.256. The van der Waals surface area contributed by atoms with Crippen LogP contribution in [0.5, 0.6) is 0 Å². The fraction of sp³-hybridized carbons (Fsp3) is 0.474. The maximum atomic E-state index is 12.1. The first kappa shape index (κ1) is 18.2. The van der Waals surface area contributed by atoms with Gasteiger partial charge in [-0.25, -0.2) is 0 Å². The van der Waals surface area contributed by atoms with E-state index in [1.165, 1.54) is 0 Å². The lowest BCUT2D eigenvalue weighted by molar-refractivity contribution is -0.116. The van der Waals surface area contributed by atoms with Gasteiger partial charge in [-0.05, 0) is 12.5 Å². The lowest BCUT2D eigenvalue weighted by atomic mass is 9.94. The number of amides is 1. The van der Waals surface area contributed by atoms with Crippen LogP contribution in [0, 0.1) is 5.41 Å². The van der Waals surface area contributed by atoms with Crippen LogP contribution in [0.15, 0.2) is 30.5 Å². The summed E-state index contributed by atoms with van der Waals surface area (Å²) in [7, 11) is 0. The molecule has 1 aromatic heterocycles. The first-order valence-corrected chi connectivity index (χ1v) is 8.49. The van der Waals surface area contributed by atoms with Crippen molar-refractivity contribution in [1.29, 1.82) is 0 Å². The highest BCUT2D eigenvalue weighted by molar-refractivity contribution is 6.02.